The van der Waals surface area contributed by atoms with E-state index in [1.165, 1.54) is 6.42 Å². The first-order valence-electron chi connectivity index (χ1n) is 5.97. The fourth-order valence-electron chi connectivity index (χ4n) is 2.18. The topological polar surface area (TPSA) is 46.2 Å². The minimum atomic E-state index is -2.79. The van der Waals surface area contributed by atoms with Gasteiger partial charge in [-0.15, -0.1) is 0 Å². The quantitative estimate of drug-likeness (QED) is 0.784. The lowest BCUT2D eigenvalue weighted by Gasteiger charge is -2.28. The zero-order chi connectivity index (χ0) is 11.3. The van der Waals surface area contributed by atoms with Crippen molar-refractivity contribution in [3.63, 3.8) is 0 Å². The van der Waals surface area contributed by atoms with Gasteiger partial charge in [0.2, 0.25) is 0 Å². The Hall–Kier alpha value is -0.0900. The molecular formula is C11H23NO2S. The molecule has 1 rings (SSSR count). The number of hydrogen-bond acceptors (Lipinski definition) is 3. The highest BCUT2D eigenvalue weighted by Gasteiger charge is 2.20. The van der Waals surface area contributed by atoms with Gasteiger partial charge in [0.15, 0.2) is 0 Å². The fraction of sp³-hybridized carbons (Fsp3) is 1.00. The number of rotatable bonds is 5. The van der Waals surface area contributed by atoms with Crippen LogP contribution < -0.4 is 5.32 Å². The molecule has 0 bridgehead atoms. The lowest BCUT2D eigenvalue weighted by Crippen LogP contribution is -2.38. The molecule has 1 aliphatic rings. The molecule has 1 N–H and O–H groups in total. The van der Waals surface area contributed by atoms with Gasteiger partial charge in [0.1, 0.15) is 9.84 Å². The Morgan fingerprint density at radius 3 is 2.67 bits per heavy atom. The van der Waals surface area contributed by atoms with Crippen LogP contribution in [0.4, 0.5) is 0 Å². The summed E-state index contributed by atoms with van der Waals surface area (Å²) in [7, 11) is -2.79. The van der Waals surface area contributed by atoms with Crippen molar-refractivity contribution in [3.05, 3.63) is 0 Å². The standard InChI is InChI=1S/C11H23NO2S/c1-3-7-15(13,14)8-5-11-9-10(2)4-6-12-11/h10-12H,3-9H2,1-2H3. The van der Waals surface area contributed by atoms with Gasteiger partial charge in [-0.2, -0.15) is 0 Å². The normalized spacial score (nSPS) is 27.9. The molecular weight excluding hydrogens is 210 g/mol. The van der Waals surface area contributed by atoms with Crippen LogP contribution in [0.1, 0.15) is 39.5 Å². The van der Waals surface area contributed by atoms with Gasteiger partial charge in [-0.1, -0.05) is 13.8 Å². The van der Waals surface area contributed by atoms with Crippen LogP contribution >= 0.6 is 0 Å². The van der Waals surface area contributed by atoms with Gasteiger partial charge in [-0.3, -0.25) is 0 Å². The monoisotopic (exact) mass is 233 g/mol. The molecule has 3 nitrogen and oxygen atoms in total. The van der Waals surface area contributed by atoms with Crippen LogP contribution in [0.3, 0.4) is 0 Å². The molecule has 0 aromatic rings. The molecule has 0 spiro atoms. The van der Waals surface area contributed by atoms with Crippen LogP contribution in [0.2, 0.25) is 0 Å². The van der Waals surface area contributed by atoms with Gasteiger partial charge in [0, 0.05) is 11.8 Å². The second kappa shape index (κ2) is 5.85. The van der Waals surface area contributed by atoms with Crippen molar-refractivity contribution in [1.29, 1.82) is 0 Å². The summed E-state index contributed by atoms with van der Waals surface area (Å²) in [5.74, 6) is 1.44. The molecule has 0 aliphatic carbocycles. The summed E-state index contributed by atoms with van der Waals surface area (Å²) < 4.78 is 23.1. The molecule has 1 heterocycles. The maximum atomic E-state index is 11.5. The minimum absolute atomic E-state index is 0.343. The summed E-state index contributed by atoms with van der Waals surface area (Å²) in [5.41, 5.74) is 0. The Kier molecular flexibility index (Phi) is 5.06. The van der Waals surface area contributed by atoms with Crippen LogP contribution in [-0.2, 0) is 9.84 Å². The molecule has 0 aromatic heterocycles. The van der Waals surface area contributed by atoms with Crippen molar-refractivity contribution in [3.8, 4) is 0 Å². The van der Waals surface area contributed by atoms with Crippen molar-refractivity contribution in [2.75, 3.05) is 18.1 Å². The van der Waals surface area contributed by atoms with E-state index in [0.717, 1.165) is 31.7 Å². The van der Waals surface area contributed by atoms with Crippen molar-refractivity contribution in [2.24, 2.45) is 5.92 Å². The predicted molar refractivity (Wildman–Crippen MR) is 63.8 cm³/mol. The van der Waals surface area contributed by atoms with Crippen molar-refractivity contribution >= 4 is 9.84 Å². The molecule has 4 heteroatoms. The molecule has 1 aliphatic heterocycles. The van der Waals surface area contributed by atoms with Crippen molar-refractivity contribution < 1.29 is 8.42 Å². The van der Waals surface area contributed by atoms with E-state index in [1.807, 2.05) is 6.92 Å². The number of sulfone groups is 1. The van der Waals surface area contributed by atoms with Gasteiger partial charge in [0.05, 0.1) is 5.75 Å². The first-order chi connectivity index (χ1) is 7.03. The van der Waals surface area contributed by atoms with Gasteiger partial charge in [-0.25, -0.2) is 8.42 Å². The number of piperidine rings is 1. The van der Waals surface area contributed by atoms with Gasteiger partial charge in [0.25, 0.3) is 0 Å². The molecule has 90 valence electrons. The largest absolute Gasteiger partial charge is 0.314 e. The van der Waals surface area contributed by atoms with E-state index < -0.39 is 9.84 Å². The van der Waals surface area contributed by atoms with Crippen LogP contribution in [-0.4, -0.2) is 32.5 Å². The molecule has 0 radical (unpaired) electrons. The second-order valence-corrected chi connectivity index (χ2v) is 7.02. The first kappa shape index (κ1) is 13.0. The highest BCUT2D eigenvalue weighted by atomic mass is 32.2. The van der Waals surface area contributed by atoms with Crippen LogP contribution in [0.5, 0.6) is 0 Å². The molecule has 2 atom stereocenters. The molecule has 1 saturated heterocycles. The summed E-state index contributed by atoms with van der Waals surface area (Å²) in [5, 5.41) is 3.40. The molecule has 0 saturated carbocycles. The zero-order valence-electron chi connectivity index (χ0n) is 9.83. The molecule has 15 heavy (non-hydrogen) atoms. The summed E-state index contributed by atoms with van der Waals surface area (Å²) in [4.78, 5) is 0. The summed E-state index contributed by atoms with van der Waals surface area (Å²) in [6, 6.07) is 0.417. The smallest absolute Gasteiger partial charge is 0.150 e. The van der Waals surface area contributed by atoms with E-state index in [4.69, 9.17) is 0 Å². The van der Waals surface area contributed by atoms with E-state index in [9.17, 15) is 8.42 Å². The van der Waals surface area contributed by atoms with Gasteiger partial charge in [-0.05, 0) is 38.1 Å². The number of hydrogen-bond donors (Lipinski definition) is 1. The lowest BCUT2D eigenvalue weighted by molar-refractivity contribution is 0.314. The van der Waals surface area contributed by atoms with E-state index >= 15 is 0 Å². The SMILES string of the molecule is CCCS(=O)(=O)CCC1CC(C)CCN1. The van der Waals surface area contributed by atoms with E-state index in [0.29, 0.717) is 17.5 Å². The molecule has 1 fully saturated rings. The van der Waals surface area contributed by atoms with Crippen LogP contribution in [0.15, 0.2) is 0 Å². The Bertz CT molecular complexity index is 274. The Morgan fingerprint density at radius 2 is 2.07 bits per heavy atom. The Balaban J connectivity index is 2.30. The van der Waals surface area contributed by atoms with Gasteiger partial charge >= 0.3 is 0 Å². The Labute approximate surface area is 93.6 Å². The molecule has 0 aromatic carbocycles. The minimum Gasteiger partial charge on any atom is -0.314 e. The maximum absolute atomic E-state index is 11.5. The fourth-order valence-corrected chi connectivity index (χ4v) is 3.65. The predicted octanol–water partition coefficient (Wildman–Crippen LogP) is 1.59. The highest BCUT2D eigenvalue weighted by Crippen LogP contribution is 2.17. The van der Waals surface area contributed by atoms with E-state index in [2.05, 4.69) is 12.2 Å². The average Bonchev–Trinajstić information content (AvgIpc) is 2.15. The summed E-state index contributed by atoms with van der Waals surface area (Å²) >= 11 is 0. The second-order valence-electron chi connectivity index (χ2n) is 4.72. The maximum Gasteiger partial charge on any atom is 0.150 e. The average molecular weight is 233 g/mol. The Morgan fingerprint density at radius 1 is 1.33 bits per heavy atom. The van der Waals surface area contributed by atoms with Crippen molar-refractivity contribution in [1.82, 2.24) is 5.32 Å². The molecule has 0 amide bonds. The first-order valence-corrected chi connectivity index (χ1v) is 7.79. The highest BCUT2D eigenvalue weighted by molar-refractivity contribution is 7.91. The third kappa shape index (κ3) is 4.98. The van der Waals surface area contributed by atoms with Crippen LogP contribution in [0, 0.1) is 5.92 Å². The van der Waals surface area contributed by atoms with E-state index in [1.54, 1.807) is 0 Å². The summed E-state index contributed by atoms with van der Waals surface area (Å²) in [6.07, 6.45) is 3.86. The lowest BCUT2D eigenvalue weighted by atomic mass is 9.93. The molecule has 2 unspecified atom stereocenters. The number of nitrogens with one attached hydrogen (secondary N) is 1. The zero-order valence-corrected chi connectivity index (χ0v) is 10.6. The third-order valence-corrected chi connectivity index (χ3v) is 4.94. The van der Waals surface area contributed by atoms with Gasteiger partial charge < -0.3 is 5.32 Å². The van der Waals surface area contributed by atoms with E-state index in [-0.39, 0.29) is 0 Å². The summed E-state index contributed by atoms with van der Waals surface area (Å²) in [6.45, 7) is 5.20. The van der Waals surface area contributed by atoms with Crippen LogP contribution in [0.25, 0.3) is 0 Å². The third-order valence-electron chi connectivity index (χ3n) is 3.05. The van der Waals surface area contributed by atoms with Crippen molar-refractivity contribution in [2.45, 2.75) is 45.6 Å².